The van der Waals surface area contributed by atoms with E-state index >= 15 is 0 Å². The predicted octanol–water partition coefficient (Wildman–Crippen LogP) is 0.998. The summed E-state index contributed by atoms with van der Waals surface area (Å²) in [4.78, 5) is 21.9. The van der Waals surface area contributed by atoms with E-state index in [-0.39, 0.29) is 17.9 Å². The van der Waals surface area contributed by atoms with E-state index in [0.717, 1.165) is 0 Å². The van der Waals surface area contributed by atoms with Crippen LogP contribution in [0.4, 0.5) is 5.69 Å². The third kappa shape index (κ3) is 4.54. The highest BCUT2D eigenvalue weighted by molar-refractivity contribution is 7.93. The number of esters is 1. The highest BCUT2D eigenvalue weighted by atomic mass is 32.2. The van der Waals surface area contributed by atoms with Gasteiger partial charge in [0.1, 0.15) is 0 Å². The number of carboxylic acids is 1. The van der Waals surface area contributed by atoms with Gasteiger partial charge in [-0.1, -0.05) is 0 Å². The van der Waals surface area contributed by atoms with Crippen molar-refractivity contribution in [2.75, 3.05) is 17.1 Å². The molecular formula is C12H15NO6S. The third-order valence-corrected chi connectivity index (χ3v) is 3.50. The minimum atomic E-state index is -3.88. The van der Waals surface area contributed by atoms with E-state index in [9.17, 15) is 18.0 Å². The molecule has 0 aliphatic rings. The molecule has 1 rings (SSSR count). The van der Waals surface area contributed by atoms with Crippen molar-refractivity contribution in [2.24, 2.45) is 0 Å². The molecule has 0 aromatic heterocycles. The molecule has 0 atom stereocenters. The largest absolute Gasteiger partial charge is 0.478 e. The number of aryl methyl sites for hydroxylation is 1. The summed E-state index contributed by atoms with van der Waals surface area (Å²) in [6, 6.07) is 3.95. The van der Waals surface area contributed by atoms with Gasteiger partial charge in [-0.3, -0.25) is 9.52 Å². The highest BCUT2D eigenvalue weighted by Crippen LogP contribution is 2.18. The van der Waals surface area contributed by atoms with Crippen LogP contribution < -0.4 is 4.72 Å². The second-order valence-corrected chi connectivity index (χ2v) is 5.72. The molecule has 8 heteroatoms. The molecule has 0 bridgehead atoms. The summed E-state index contributed by atoms with van der Waals surface area (Å²) in [6.45, 7) is 3.24. The second kappa shape index (κ2) is 6.38. The summed E-state index contributed by atoms with van der Waals surface area (Å²) in [5, 5.41) is 8.81. The number of hydrogen-bond acceptors (Lipinski definition) is 5. The van der Waals surface area contributed by atoms with Gasteiger partial charge in [-0.15, -0.1) is 0 Å². The van der Waals surface area contributed by atoms with Crippen molar-refractivity contribution in [1.82, 2.24) is 0 Å². The Hall–Kier alpha value is -2.09. The maximum atomic E-state index is 11.7. The molecule has 20 heavy (non-hydrogen) atoms. The molecule has 0 aliphatic carbocycles. The average Bonchev–Trinajstić information content (AvgIpc) is 2.30. The molecule has 0 aliphatic heterocycles. The zero-order valence-electron chi connectivity index (χ0n) is 11.0. The molecular weight excluding hydrogens is 286 g/mol. The standard InChI is InChI=1S/C12H15NO6S/c1-3-19-11(14)7-20(17,18)13-10-5-4-9(12(15)16)6-8(10)2/h4-6,13H,3,7H2,1-2H3,(H,15,16). The van der Waals surface area contributed by atoms with Crippen molar-refractivity contribution in [3.05, 3.63) is 29.3 Å². The highest BCUT2D eigenvalue weighted by Gasteiger charge is 2.18. The van der Waals surface area contributed by atoms with Crippen LogP contribution in [-0.4, -0.2) is 37.8 Å². The van der Waals surface area contributed by atoms with Crippen LogP contribution in [0.5, 0.6) is 0 Å². The lowest BCUT2D eigenvalue weighted by Gasteiger charge is -2.10. The lowest BCUT2D eigenvalue weighted by atomic mass is 10.1. The first-order chi connectivity index (χ1) is 9.25. The summed E-state index contributed by atoms with van der Waals surface area (Å²) < 4.78 is 30.2. The number of benzene rings is 1. The van der Waals surface area contributed by atoms with E-state index < -0.39 is 27.7 Å². The molecule has 7 nitrogen and oxygen atoms in total. The number of carboxylic acid groups (broad SMARTS) is 1. The van der Waals surface area contributed by atoms with Crippen LogP contribution in [0.15, 0.2) is 18.2 Å². The van der Waals surface area contributed by atoms with Crippen LogP contribution in [0.1, 0.15) is 22.8 Å². The van der Waals surface area contributed by atoms with E-state index in [1.165, 1.54) is 18.2 Å². The fourth-order valence-electron chi connectivity index (χ4n) is 1.47. The van der Waals surface area contributed by atoms with Crippen LogP contribution >= 0.6 is 0 Å². The first-order valence-electron chi connectivity index (χ1n) is 5.75. The minimum Gasteiger partial charge on any atom is -0.478 e. The molecule has 0 amide bonds. The Kier molecular flexibility index (Phi) is 5.09. The molecule has 0 radical (unpaired) electrons. The summed E-state index contributed by atoms with van der Waals surface area (Å²) in [5.74, 6) is -2.74. The Bertz CT molecular complexity index is 623. The summed E-state index contributed by atoms with van der Waals surface area (Å²) in [5.41, 5.74) is 0.715. The number of ether oxygens (including phenoxy) is 1. The van der Waals surface area contributed by atoms with Crippen LogP contribution in [0.2, 0.25) is 0 Å². The number of nitrogens with one attached hydrogen (secondary N) is 1. The minimum absolute atomic E-state index is 0.0517. The zero-order chi connectivity index (χ0) is 15.3. The monoisotopic (exact) mass is 301 g/mol. The quantitative estimate of drug-likeness (QED) is 0.758. The van der Waals surface area contributed by atoms with Crippen molar-refractivity contribution in [2.45, 2.75) is 13.8 Å². The van der Waals surface area contributed by atoms with E-state index in [4.69, 9.17) is 5.11 Å². The van der Waals surface area contributed by atoms with Gasteiger partial charge in [0.05, 0.1) is 17.9 Å². The lowest BCUT2D eigenvalue weighted by molar-refractivity contribution is -0.139. The molecule has 0 fully saturated rings. The van der Waals surface area contributed by atoms with E-state index in [0.29, 0.717) is 5.56 Å². The van der Waals surface area contributed by atoms with Gasteiger partial charge in [-0.25, -0.2) is 13.2 Å². The van der Waals surface area contributed by atoms with Gasteiger partial charge >= 0.3 is 11.9 Å². The van der Waals surface area contributed by atoms with E-state index in [1.54, 1.807) is 13.8 Å². The molecule has 0 heterocycles. The van der Waals surface area contributed by atoms with Crippen molar-refractivity contribution in [1.29, 1.82) is 0 Å². The van der Waals surface area contributed by atoms with Gasteiger partial charge < -0.3 is 9.84 Å². The number of hydrogen-bond donors (Lipinski definition) is 2. The molecule has 1 aromatic rings. The van der Waals surface area contributed by atoms with E-state index in [2.05, 4.69) is 9.46 Å². The fraction of sp³-hybridized carbons (Fsp3) is 0.333. The SMILES string of the molecule is CCOC(=O)CS(=O)(=O)Nc1ccc(C(=O)O)cc1C. The Balaban J connectivity index is 2.87. The van der Waals surface area contributed by atoms with Crippen LogP contribution in [-0.2, 0) is 19.6 Å². The Morgan fingerprint density at radius 1 is 1.35 bits per heavy atom. The van der Waals surface area contributed by atoms with Crippen LogP contribution in [0.3, 0.4) is 0 Å². The number of carbonyl (C=O) groups excluding carboxylic acids is 1. The first kappa shape index (κ1) is 16.0. The molecule has 0 spiro atoms. The smallest absolute Gasteiger partial charge is 0.335 e. The number of carbonyl (C=O) groups is 2. The normalized spacial score (nSPS) is 10.9. The third-order valence-electron chi connectivity index (χ3n) is 2.35. The average molecular weight is 301 g/mol. The molecule has 0 saturated heterocycles. The Morgan fingerprint density at radius 2 is 2.00 bits per heavy atom. The number of rotatable bonds is 6. The fourth-order valence-corrected chi connectivity index (χ4v) is 2.50. The van der Waals surface area contributed by atoms with Crippen molar-refractivity contribution in [3.8, 4) is 0 Å². The Morgan fingerprint density at radius 3 is 2.50 bits per heavy atom. The predicted molar refractivity (Wildman–Crippen MR) is 72.2 cm³/mol. The van der Waals surface area contributed by atoms with Gasteiger partial charge in [0.25, 0.3) is 0 Å². The zero-order valence-corrected chi connectivity index (χ0v) is 11.9. The number of aromatic carboxylic acids is 1. The summed E-state index contributed by atoms with van der Waals surface area (Å²) >= 11 is 0. The molecule has 0 unspecified atom stereocenters. The molecule has 0 saturated carbocycles. The first-order valence-corrected chi connectivity index (χ1v) is 7.40. The van der Waals surface area contributed by atoms with Crippen LogP contribution in [0, 0.1) is 6.92 Å². The Labute approximate surface area is 116 Å². The molecule has 110 valence electrons. The van der Waals surface area contributed by atoms with Gasteiger partial charge in [0.2, 0.25) is 10.0 Å². The topological polar surface area (TPSA) is 110 Å². The van der Waals surface area contributed by atoms with Crippen LogP contribution in [0.25, 0.3) is 0 Å². The maximum Gasteiger partial charge on any atom is 0.335 e. The lowest BCUT2D eigenvalue weighted by Crippen LogP contribution is -2.24. The summed E-state index contributed by atoms with van der Waals surface area (Å²) in [6.07, 6.45) is 0. The van der Waals surface area contributed by atoms with Gasteiger partial charge in [-0.05, 0) is 37.6 Å². The van der Waals surface area contributed by atoms with E-state index in [1.807, 2.05) is 0 Å². The molecule has 2 N–H and O–H groups in total. The van der Waals surface area contributed by atoms with Gasteiger partial charge in [0.15, 0.2) is 5.75 Å². The van der Waals surface area contributed by atoms with Gasteiger partial charge in [-0.2, -0.15) is 0 Å². The molecule has 1 aromatic carbocycles. The number of sulfonamides is 1. The number of anilines is 1. The van der Waals surface area contributed by atoms with Crippen molar-refractivity contribution < 1.29 is 27.9 Å². The van der Waals surface area contributed by atoms with Crippen molar-refractivity contribution >= 4 is 27.6 Å². The summed E-state index contributed by atoms with van der Waals surface area (Å²) in [7, 11) is -3.88. The second-order valence-electron chi connectivity index (χ2n) is 4.00. The van der Waals surface area contributed by atoms with Gasteiger partial charge in [0, 0.05) is 0 Å². The maximum absolute atomic E-state index is 11.7. The van der Waals surface area contributed by atoms with Crippen molar-refractivity contribution in [3.63, 3.8) is 0 Å².